The second-order valence-electron chi connectivity index (χ2n) is 4.33. The van der Waals surface area contributed by atoms with Crippen LogP contribution in [0.5, 0.6) is 0 Å². The van der Waals surface area contributed by atoms with Crippen LogP contribution in [0.4, 0.5) is 0 Å². The Balaban J connectivity index is 1.92. The Hall–Kier alpha value is -0.340. The first-order valence-electron chi connectivity index (χ1n) is 5.82. The Bertz CT molecular complexity index is 286. The molecule has 0 aromatic heterocycles. The minimum Gasteiger partial charge on any atom is -0.314 e. The molecule has 1 atom stereocenters. The van der Waals surface area contributed by atoms with E-state index >= 15 is 0 Å². The maximum absolute atomic E-state index is 3.63. The van der Waals surface area contributed by atoms with Gasteiger partial charge in [-0.2, -0.15) is 0 Å². The van der Waals surface area contributed by atoms with E-state index in [-0.39, 0.29) is 0 Å². The highest BCUT2D eigenvalue weighted by Gasteiger charge is 2.11. The van der Waals surface area contributed by atoms with E-state index in [4.69, 9.17) is 0 Å². The minimum absolute atomic E-state index is 0.689. The summed E-state index contributed by atoms with van der Waals surface area (Å²) < 4.78 is 1.17. The molecule has 2 heteroatoms. The van der Waals surface area contributed by atoms with E-state index in [2.05, 4.69) is 45.5 Å². The molecule has 0 amide bonds. The average molecular weight is 268 g/mol. The van der Waals surface area contributed by atoms with Crippen LogP contribution in [0, 0.1) is 0 Å². The van der Waals surface area contributed by atoms with Crippen LogP contribution in [0.15, 0.2) is 28.7 Å². The molecule has 1 heterocycles. The zero-order valence-corrected chi connectivity index (χ0v) is 10.6. The molecule has 0 bridgehead atoms. The summed E-state index contributed by atoms with van der Waals surface area (Å²) in [5.41, 5.74) is 1.44. The predicted octanol–water partition coefficient (Wildman–Crippen LogP) is 3.52. The molecule has 0 radical (unpaired) electrons. The maximum atomic E-state index is 3.63. The molecule has 2 rings (SSSR count). The van der Waals surface area contributed by atoms with Crippen LogP contribution in [-0.2, 0) is 6.42 Å². The van der Waals surface area contributed by atoms with Gasteiger partial charge in [0.05, 0.1) is 0 Å². The third-order valence-corrected chi connectivity index (χ3v) is 3.59. The van der Waals surface area contributed by atoms with Gasteiger partial charge >= 0.3 is 0 Å². The molecule has 0 aliphatic carbocycles. The fraction of sp³-hybridized carbons (Fsp3) is 0.538. The van der Waals surface area contributed by atoms with Crippen LogP contribution in [0.2, 0.25) is 0 Å². The van der Waals surface area contributed by atoms with Crippen LogP contribution in [0.25, 0.3) is 0 Å². The molecule has 1 aliphatic rings. The van der Waals surface area contributed by atoms with Crippen molar-refractivity contribution in [3.05, 3.63) is 34.3 Å². The van der Waals surface area contributed by atoms with Gasteiger partial charge in [-0.15, -0.1) is 0 Å². The lowest BCUT2D eigenvalue weighted by Crippen LogP contribution is -2.30. The van der Waals surface area contributed by atoms with Gasteiger partial charge < -0.3 is 5.32 Å². The molecule has 0 unspecified atom stereocenters. The highest BCUT2D eigenvalue weighted by atomic mass is 79.9. The zero-order chi connectivity index (χ0) is 10.5. The summed E-state index contributed by atoms with van der Waals surface area (Å²) in [7, 11) is 0. The normalized spacial score (nSPS) is 22.3. The third kappa shape index (κ3) is 3.62. The zero-order valence-electron chi connectivity index (χ0n) is 9.01. The van der Waals surface area contributed by atoms with E-state index in [0.29, 0.717) is 6.04 Å². The Kier molecular flexibility index (Phi) is 4.21. The molecule has 1 N–H and O–H groups in total. The monoisotopic (exact) mass is 267 g/mol. The van der Waals surface area contributed by atoms with Crippen molar-refractivity contribution in [2.24, 2.45) is 0 Å². The van der Waals surface area contributed by atoms with E-state index in [1.54, 1.807) is 0 Å². The van der Waals surface area contributed by atoms with E-state index in [1.165, 1.54) is 48.7 Å². The van der Waals surface area contributed by atoms with Gasteiger partial charge in [0.1, 0.15) is 0 Å². The molecule has 1 aromatic carbocycles. The molecule has 0 saturated carbocycles. The van der Waals surface area contributed by atoms with Crippen LogP contribution >= 0.6 is 15.9 Å². The maximum Gasteiger partial charge on any atom is 0.0175 e. The van der Waals surface area contributed by atoms with Gasteiger partial charge in [0.25, 0.3) is 0 Å². The summed E-state index contributed by atoms with van der Waals surface area (Å²) in [5.74, 6) is 0. The quantitative estimate of drug-likeness (QED) is 0.865. The summed E-state index contributed by atoms with van der Waals surface area (Å²) in [6.07, 6.45) is 6.62. The lowest BCUT2D eigenvalue weighted by molar-refractivity contribution is 0.507. The number of rotatable bonds is 2. The summed E-state index contributed by atoms with van der Waals surface area (Å²) in [5, 5.41) is 3.63. The van der Waals surface area contributed by atoms with Gasteiger partial charge in [0.2, 0.25) is 0 Å². The molecule has 1 saturated heterocycles. The highest BCUT2D eigenvalue weighted by molar-refractivity contribution is 9.10. The van der Waals surface area contributed by atoms with Gasteiger partial charge in [0, 0.05) is 10.5 Å². The number of halogens is 1. The van der Waals surface area contributed by atoms with Crippen molar-refractivity contribution < 1.29 is 0 Å². The smallest absolute Gasteiger partial charge is 0.0175 e. The summed E-state index contributed by atoms with van der Waals surface area (Å²) in [6, 6.07) is 9.39. The molecule has 1 aromatic rings. The van der Waals surface area contributed by atoms with Crippen molar-refractivity contribution >= 4 is 15.9 Å². The van der Waals surface area contributed by atoms with Gasteiger partial charge in [-0.05, 0) is 43.5 Å². The third-order valence-electron chi connectivity index (χ3n) is 3.06. The standard InChI is InChI=1S/C13H18BrN/c14-12-7-5-11(6-8-12)10-13-4-2-1-3-9-15-13/h5-8,13,15H,1-4,9-10H2/t13-/m0/s1. The first-order chi connectivity index (χ1) is 7.34. The van der Waals surface area contributed by atoms with Gasteiger partial charge in [0.15, 0.2) is 0 Å². The van der Waals surface area contributed by atoms with E-state index < -0.39 is 0 Å². The van der Waals surface area contributed by atoms with Crippen molar-refractivity contribution in [1.82, 2.24) is 5.32 Å². The van der Waals surface area contributed by atoms with Crippen molar-refractivity contribution in [3.63, 3.8) is 0 Å². The lowest BCUT2D eigenvalue weighted by atomic mass is 10.0. The second kappa shape index (κ2) is 5.66. The number of hydrogen-bond acceptors (Lipinski definition) is 1. The number of benzene rings is 1. The van der Waals surface area contributed by atoms with Crippen molar-refractivity contribution in [3.8, 4) is 0 Å². The fourth-order valence-electron chi connectivity index (χ4n) is 2.18. The van der Waals surface area contributed by atoms with Crippen molar-refractivity contribution in [1.29, 1.82) is 0 Å². The first kappa shape index (κ1) is 11.2. The Morgan fingerprint density at radius 2 is 1.93 bits per heavy atom. The SMILES string of the molecule is Brc1ccc(C[C@@H]2CCCCCN2)cc1. The molecule has 15 heavy (non-hydrogen) atoms. The number of nitrogens with one attached hydrogen (secondary N) is 1. The largest absolute Gasteiger partial charge is 0.314 e. The molecule has 1 aliphatic heterocycles. The van der Waals surface area contributed by atoms with Crippen molar-refractivity contribution in [2.45, 2.75) is 38.1 Å². The van der Waals surface area contributed by atoms with E-state index in [1.807, 2.05) is 0 Å². The minimum atomic E-state index is 0.689. The van der Waals surface area contributed by atoms with E-state index in [9.17, 15) is 0 Å². The van der Waals surface area contributed by atoms with Crippen LogP contribution < -0.4 is 5.32 Å². The molecular formula is C13H18BrN. The Labute approximate surface area is 100 Å². The summed E-state index contributed by atoms with van der Waals surface area (Å²) >= 11 is 3.47. The van der Waals surface area contributed by atoms with E-state index in [0.717, 1.165) is 0 Å². The topological polar surface area (TPSA) is 12.0 Å². The average Bonchev–Trinajstić information content (AvgIpc) is 2.50. The fourth-order valence-corrected chi connectivity index (χ4v) is 2.44. The molecule has 1 nitrogen and oxygen atoms in total. The van der Waals surface area contributed by atoms with Crippen LogP contribution in [-0.4, -0.2) is 12.6 Å². The van der Waals surface area contributed by atoms with Crippen LogP contribution in [0.3, 0.4) is 0 Å². The van der Waals surface area contributed by atoms with Gasteiger partial charge in [-0.25, -0.2) is 0 Å². The first-order valence-corrected chi connectivity index (χ1v) is 6.62. The van der Waals surface area contributed by atoms with Crippen LogP contribution in [0.1, 0.15) is 31.2 Å². The number of hydrogen-bond donors (Lipinski definition) is 1. The van der Waals surface area contributed by atoms with Crippen molar-refractivity contribution in [2.75, 3.05) is 6.54 Å². The van der Waals surface area contributed by atoms with Gasteiger partial charge in [-0.1, -0.05) is 40.9 Å². The molecule has 0 spiro atoms. The Morgan fingerprint density at radius 1 is 1.13 bits per heavy atom. The molecule has 1 fully saturated rings. The molecule has 82 valence electrons. The second-order valence-corrected chi connectivity index (χ2v) is 5.25. The summed E-state index contributed by atoms with van der Waals surface area (Å²) in [6.45, 7) is 1.20. The highest BCUT2D eigenvalue weighted by Crippen LogP contribution is 2.15. The lowest BCUT2D eigenvalue weighted by Gasteiger charge is -2.15. The Morgan fingerprint density at radius 3 is 2.73 bits per heavy atom. The predicted molar refractivity (Wildman–Crippen MR) is 68.1 cm³/mol. The van der Waals surface area contributed by atoms with Gasteiger partial charge in [-0.3, -0.25) is 0 Å². The molecular weight excluding hydrogens is 250 g/mol. The summed E-state index contributed by atoms with van der Waals surface area (Å²) in [4.78, 5) is 0.